The van der Waals surface area contributed by atoms with Gasteiger partial charge in [-0.2, -0.15) is 0 Å². The number of carbonyl (C=O) groups is 2. The van der Waals surface area contributed by atoms with Gasteiger partial charge in [0.15, 0.2) is 10.9 Å². The minimum atomic E-state index is 0.0740. The van der Waals surface area contributed by atoms with Crippen LogP contribution in [0.15, 0.2) is 18.2 Å². The van der Waals surface area contributed by atoms with Crippen LogP contribution in [0.3, 0.4) is 0 Å². The average Bonchev–Trinajstić information content (AvgIpc) is 2.27. The Balaban J connectivity index is 2.64. The van der Waals surface area contributed by atoms with Crippen molar-refractivity contribution < 1.29 is 9.59 Å². The van der Waals surface area contributed by atoms with Gasteiger partial charge in [0.05, 0.1) is 0 Å². The maximum atomic E-state index is 11.3. The molecule has 0 N–H and O–H groups in total. The summed E-state index contributed by atoms with van der Waals surface area (Å²) < 4.78 is 0. The second kappa shape index (κ2) is 7.03. The highest BCUT2D eigenvalue weighted by Crippen LogP contribution is 2.11. The van der Waals surface area contributed by atoms with E-state index in [-0.39, 0.29) is 10.9 Å². The molecular weight excluding hydrogens is 244 g/mol. The average molecular weight is 260 g/mol. The summed E-state index contributed by atoms with van der Waals surface area (Å²) in [6, 6.07) is 5.59. The van der Waals surface area contributed by atoms with Crippen molar-refractivity contribution in [2.75, 3.05) is 5.75 Å². The molecule has 0 amide bonds. The summed E-state index contributed by atoms with van der Waals surface area (Å²) in [5, 5.41) is 0.124. The zero-order valence-electron chi connectivity index (χ0n) is 10.9. The number of thioether (sulfide) groups is 1. The van der Waals surface area contributed by atoms with Crippen LogP contribution in [0.5, 0.6) is 0 Å². The first-order chi connectivity index (χ1) is 8.50. The van der Waals surface area contributed by atoms with Crippen molar-refractivity contribution in [3.8, 4) is 11.8 Å². The topological polar surface area (TPSA) is 34.1 Å². The molecule has 0 bridgehead atoms. The highest BCUT2D eigenvalue weighted by Gasteiger charge is 2.02. The molecule has 2 nitrogen and oxygen atoms in total. The summed E-state index contributed by atoms with van der Waals surface area (Å²) in [6.07, 6.45) is 0.692. The van der Waals surface area contributed by atoms with E-state index < -0.39 is 0 Å². The number of carbonyl (C=O) groups excluding carboxylic acids is 2. The van der Waals surface area contributed by atoms with E-state index in [1.165, 1.54) is 11.8 Å². The second-order valence-corrected chi connectivity index (χ2v) is 5.25. The van der Waals surface area contributed by atoms with Crippen LogP contribution in [-0.2, 0) is 4.79 Å². The lowest BCUT2D eigenvalue weighted by Crippen LogP contribution is -1.95. The molecular formula is C15H16O2S. The molecule has 0 fully saturated rings. The molecule has 1 rings (SSSR count). The van der Waals surface area contributed by atoms with E-state index in [0.717, 1.165) is 22.4 Å². The van der Waals surface area contributed by atoms with Gasteiger partial charge in [0, 0.05) is 30.2 Å². The van der Waals surface area contributed by atoms with E-state index >= 15 is 0 Å². The molecule has 0 aliphatic rings. The van der Waals surface area contributed by atoms with E-state index in [0.29, 0.717) is 6.42 Å². The van der Waals surface area contributed by atoms with Gasteiger partial charge in [0.1, 0.15) is 0 Å². The van der Waals surface area contributed by atoms with Gasteiger partial charge >= 0.3 is 0 Å². The van der Waals surface area contributed by atoms with Gasteiger partial charge in [0.2, 0.25) is 0 Å². The van der Waals surface area contributed by atoms with Crippen LogP contribution in [0.25, 0.3) is 0 Å². The van der Waals surface area contributed by atoms with Crippen LogP contribution < -0.4 is 0 Å². The number of Topliss-reactive ketones (excluding diaryl/α,β-unsaturated/α-hetero) is 1. The molecule has 0 spiro atoms. The summed E-state index contributed by atoms with van der Waals surface area (Å²) in [7, 11) is 0. The standard InChI is InChI=1S/C15H16O2S/c1-11-10-14(7-8-15(11)12(2)16)6-4-5-9-18-13(3)17/h7-8,10H,5,9H2,1-3H3. The lowest BCUT2D eigenvalue weighted by Gasteiger charge is -2.01. The maximum Gasteiger partial charge on any atom is 0.185 e. The molecule has 3 heteroatoms. The molecule has 18 heavy (non-hydrogen) atoms. The predicted molar refractivity (Wildman–Crippen MR) is 75.8 cm³/mol. The van der Waals surface area contributed by atoms with Crippen molar-refractivity contribution in [2.45, 2.75) is 27.2 Å². The highest BCUT2D eigenvalue weighted by molar-refractivity contribution is 8.13. The van der Waals surface area contributed by atoms with Gasteiger partial charge in [-0.15, -0.1) is 0 Å². The van der Waals surface area contributed by atoms with Crippen molar-refractivity contribution in [2.24, 2.45) is 0 Å². The summed E-state index contributed by atoms with van der Waals surface area (Å²) in [5.41, 5.74) is 2.60. The van der Waals surface area contributed by atoms with Crippen LogP contribution >= 0.6 is 11.8 Å². The summed E-state index contributed by atoms with van der Waals surface area (Å²) in [6.45, 7) is 5.03. The van der Waals surface area contributed by atoms with Crippen molar-refractivity contribution in [1.29, 1.82) is 0 Å². The van der Waals surface area contributed by atoms with Gasteiger partial charge in [-0.3, -0.25) is 9.59 Å². The van der Waals surface area contributed by atoms with Crippen molar-refractivity contribution >= 4 is 22.7 Å². The first-order valence-corrected chi connectivity index (χ1v) is 6.73. The lowest BCUT2D eigenvalue weighted by atomic mass is 10.0. The zero-order valence-corrected chi connectivity index (χ0v) is 11.7. The van der Waals surface area contributed by atoms with E-state index in [9.17, 15) is 9.59 Å². The van der Waals surface area contributed by atoms with Crippen LogP contribution in [0.4, 0.5) is 0 Å². The van der Waals surface area contributed by atoms with Crippen LogP contribution in [0.2, 0.25) is 0 Å². The first kappa shape index (κ1) is 14.5. The molecule has 0 radical (unpaired) electrons. The lowest BCUT2D eigenvalue weighted by molar-refractivity contribution is -0.109. The monoisotopic (exact) mass is 260 g/mol. The fourth-order valence-corrected chi connectivity index (χ4v) is 2.04. The minimum absolute atomic E-state index is 0.0740. The van der Waals surface area contributed by atoms with Crippen molar-refractivity contribution in [3.05, 3.63) is 34.9 Å². The molecule has 0 unspecified atom stereocenters. The second-order valence-electron chi connectivity index (χ2n) is 3.98. The molecule has 1 aromatic rings. The Kier molecular flexibility index (Phi) is 5.67. The van der Waals surface area contributed by atoms with E-state index in [2.05, 4.69) is 11.8 Å². The predicted octanol–water partition coefficient (Wildman–Crippen LogP) is 3.22. The normalized spacial score (nSPS) is 9.50. The van der Waals surface area contributed by atoms with Crippen LogP contribution in [-0.4, -0.2) is 16.7 Å². The number of benzene rings is 1. The van der Waals surface area contributed by atoms with Gasteiger partial charge < -0.3 is 0 Å². The molecule has 0 atom stereocenters. The van der Waals surface area contributed by atoms with Gasteiger partial charge in [-0.05, 0) is 37.6 Å². The highest BCUT2D eigenvalue weighted by atomic mass is 32.2. The Hall–Kier alpha value is -1.53. The largest absolute Gasteiger partial charge is 0.295 e. The Bertz CT molecular complexity index is 521. The van der Waals surface area contributed by atoms with Gasteiger partial charge in [-0.25, -0.2) is 0 Å². The molecule has 0 aliphatic heterocycles. The molecule has 0 heterocycles. The number of hydrogen-bond acceptors (Lipinski definition) is 3. The Labute approximate surface area is 112 Å². The van der Waals surface area contributed by atoms with E-state index in [4.69, 9.17) is 0 Å². The third-order valence-corrected chi connectivity index (χ3v) is 3.19. The quantitative estimate of drug-likeness (QED) is 0.475. The number of rotatable bonds is 3. The number of aryl methyl sites for hydroxylation is 1. The molecule has 0 aromatic heterocycles. The third kappa shape index (κ3) is 4.77. The number of hydrogen-bond donors (Lipinski definition) is 0. The summed E-state index contributed by atoms with van der Waals surface area (Å²) >= 11 is 1.29. The van der Waals surface area contributed by atoms with E-state index in [1.54, 1.807) is 13.8 Å². The molecule has 0 saturated carbocycles. The maximum absolute atomic E-state index is 11.3. The van der Waals surface area contributed by atoms with E-state index in [1.807, 2.05) is 25.1 Å². The smallest absolute Gasteiger partial charge is 0.185 e. The third-order valence-electron chi connectivity index (χ3n) is 2.37. The number of ketones is 1. The molecule has 94 valence electrons. The summed E-state index contributed by atoms with van der Waals surface area (Å²) in [4.78, 5) is 22.0. The fourth-order valence-electron chi connectivity index (χ4n) is 1.55. The van der Waals surface area contributed by atoms with Crippen molar-refractivity contribution in [3.63, 3.8) is 0 Å². The minimum Gasteiger partial charge on any atom is -0.295 e. The first-order valence-electron chi connectivity index (χ1n) is 5.74. The molecule has 1 aromatic carbocycles. The Morgan fingerprint density at radius 3 is 2.56 bits per heavy atom. The van der Waals surface area contributed by atoms with Gasteiger partial charge in [0.25, 0.3) is 0 Å². The van der Waals surface area contributed by atoms with Crippen LogP contribution in [0, 0.1) is 18.8 Å². The fraction of sp³-hybridized carbons (Fsp3) is 0.333. The zero-order chi connectivity index (χ0) is 13.5. The Morgan fingerprint density at radius 1 is 1.28 bits per heavy atom. The molecule has 0 saturated heterocycles. The Morgan fingerprint density at radius 2 is 2.00 bits per heavy atom. The summed E-state index contributed by atoms with van der Waals surface area (Å²) in [5.74, 6) is 6.87. The SMILES string of the molecule is CC(=O)SCCC#Cc1ccc(C(C)=O)c(C)c1. The molecule has 0 aliphatic carbocycles. The van der Waals surface area contributed by atoms with Crippen molar-refractivity contribution in [1.82, 2.24) is 0 Å². The van der Waals surface area contributed by atoms with Gasteiger partial charge in [-0.1, -0.05) is 23.6 Å². The van der Waals surface area contributed by atoms with Crippen LogP contribution in [0.1, 0.15) is 41.8 Å².